The van der Waals surface area contributed by atoms with Gasteiger partial charge in [0.1, 0.15) is 0 Å². The van der Waals surface area contributed by atoms with Crippen LogP contribution in [0.3, 0.4) is 0 Å². The highest BCUT2D eigenvalue weighted by atomic mass is 32.2. The predicted octanol–water partition coefficient (Wildman–Crippen LogP) is 4.80. The molecule has 0 saturated heterocycles. The topological polar surface area (TPSA) is 90.6 Å². The van der Waals surface area contributed by atoms with Crippen molar-refractivity contribution in [2.45, 2.75) is 30.5 Å². The monoisotopic (exact) mass is 442 g/mol. The lowest BCUT2D eigenvalue weighted by Gasteiger charge is -2.21. The predicted molar refractivity (Wildman–Crippen MR) is 125 cm³/mol. The number of thioether (sulfide) groups is 1. The summed E-state index contributed by atoms with van der Waals surface area (Å²) in [5.74, 6) is 1.03. The van der Waals surface area contributed by atoms with Gasteiger partial charge in [0.15, 0.2) is 11.0 Å². The molecule has 32 heavy (non-hydrogen) atoms. The lowest BCUT2D eigenvalue weighted by atomic mass is 10.1. The second-order valence-corrected chi connectivity index (χ2v) is 8.68. The second-order valence-electron chi connectivity index (χ2n) is 7.73. The zero-order chi connectivity index (χ0) is 21.9. The molecule has 4 aromatic rings. The molecule has 0 radical (unpaired) electrons. The Hall–Kier alpha value is -3.57. The van der Waals surface area contributed by atoms with Crippen molar-refractivity contribution >= 4 is 34.3 Å². The Bertz CT molecular complexity index is 1280. The van der Waals surface area contributed by atoms with E-state index in [9.17, 15) is 4.79 Å². The number of para-hydroxylation sites is 2. The Morgan fingerprint density at radius 1 is 1.16 bits per heavy atom. The third-order valence-electron chi connectivity index (χ3n) is 5.55. The van der Waals surface area contributed by atoms with Gasteiger partial charge < -0.3 is 9.88 Å². The summed E-state index contributed by atoms with van der Waals surface area (Å²) in [6.45, 7) is 0.371. The van der Waals surface area contributed by atoms with Crippen LogP contribution in [0.15, 0.2) is 66.0 Å². The highest BCUT2D eigenvalue weighted by Crippen LogP contribution is 2.42. The molecule has 2 aromatic carbocycles. The Kier molecular flexibility index (Phi) is 5.65. The van der Waals surface area contributed by atoms with E-state index >= 15 is 0 Å². The minimum Gasteiger partial charge on any atom is -0.360 e. The molecule has 1 aliphatic rings. The van der Waals surface area contributed by atoms with Gasteiger partial charge in [0.05, 0.1) is 18.2 Å². The first-order valence-electron chi connectivity index (χ1n) is 10.6. The molecule has 1 N–H and O–H groups in total. The Morgan fingerprint density at radius 2 is 1.94 bits per heavy atom. The summed E-state index contributed by atoms with van der Waals surface area (Å²) >= 11 is 1.41. The molecule has 0 unspecified atom stereocenters. The average molecular weight is 443 g/mol. The van der Waals surface area contributed by atoms with Crippen molar-refractivity contribution in [3.05, 3.63) is 60.8 Å². The van der Waals surface area contributed by atoms with Crippen molar-refractivity contribution in [1.29, 1.82) is 5.26 Å². The SMILES string of the molecule is N#CCCN(C(=O)CSc1nnc(-c2c[nH]c3ccccc23)n1C1CC1)c1ccccc1. The molecule has 1 aliphatic carbocycles. The number of amides is 1. The zero-order valence-electron chi connectivity index (χ0n) is 17.4. The average Bonchev–Trinajstić information content (AvgIpc) is 3.44. The maximum atomic E-state index is 13.1. The summed E-state index contributed by atoms with van der Waals surface area (Å²) in [4.78, 5) is 18.0. The van der Waals surface area contributed by atoms with Crippen LogP contribution in [-0.2, 0) is 4.79 Å². The van der Waals surface area contributed by atoms with Gasteiger partial charge >= 0.3 is 0 Å². The van der Waals surface area contributed by atoms with Crippen LogP contribution in [-0.4, -0.2) is 38.0 Å². The van der Waals surface area contributed by atoms with Gasteiger partial charge in [0.2, 0.25) is 5.91 Å². The molecule has 1 saturated carbocycles. The molecule has 1 amide bonds. The van der Waals surface area contributed by atoms with Gasteiger partial charge in [-0.3, -0.25) is 9.36 Å². The zero-order valence-corrected chi connectivity index (χ0v) is 18.3. The third-order valence-corrected chi connectivity index (χ3v) is 6.48. The fourth-order valence-electron chi connectivity index (χ4n) is 3.85. The maximum Gasteiger partial charge on any atom is 0.237 e. The third kappa shape index (κ3) is 3.99. The number of hydrogen-bond donors (Lipinski definition) is 1. The number of hydrogen-bond acceptors (Lipinski definition) is 5. The number of carbonyl (C=O) groups is 1. The van der Waals surface area contributed by atoms with E-state index in [0.717, 1.165) is 46.0 Å². The van der Waals surface area contributed by atoms with Crippen molar-refractivity contribution in [2.24, 2.45) is 0 Å². The van der Waals surface area contributed by atoms with Crippen molar-refractivity contribution < 1.29 is 4.79 Å². The van der Waals surface area contributed by atoms with Crippen molar-refractivity contribution in [3.8, 4) is 17.5 Å². The van der Waals surface area contributed by atoms with E-state index in [0.29, 0.717) is 12.6 Å². The van der Waals surface area contributed by atoms with E-state index < -0.39 is 0 Å². The van der Waals surface area contributed by atoms with Crippen molar-refractivity contribution in [2.75, 3.05) is 17.2 Å². The molecule has 0 bridgehead atoms. The van der Waals surface area contributed by atoms with E-state index in [1.807, 2.05) is 54.7 Å². The Labute approximate surface area is 190 Å². The summed E-state index contributed by atoms with van der Waals surface area (Å²) in [6, 6.07) is 20.1. The van der Waals surface area contributed by atoms with E-state index in [1.165, 1.54) is 11.8 Å². The molecular weight excluding hydrogens is 420 g/mol. The lowest BCUT2D eigenvalue weighted by molar-refractivity contribution is -0.116. The maximum absolute atomic E-state index is 13.1. The van der Waals surface area contributed by atoms with E-state index in [-0.39, 0.29) is 18.1 Å². The van der Waals surface area contributed by atoms with Crippen LogP contribution in [0.25, 0.3) is 22.3 Å². The summed E-state index contributed by atoms with van der Waals surface area (Å²) < 4.78 is 2.18. The summed E-state index contributed by atoms with van der Waals surface area (Å²) in [7, 11) is 0. The van der Waals surface area contributed by atoms with E-state index in [4.69, 9.17) is 5.26 Å². The quantitative estimate of drug-likeness (QED) is 0.396. The smallest absolute Gasteiger partial charge is 0.237 e. The van der Waals surface area contributed by atoms with Gasteiger partial charge in [-0.15, -0.1) is 10.2 Å². The number of rotatable bonds is 8. The highest BCUT2D eigenvalue weighted by Gasteiger charge is 2.31. The normalized spacial score (nSPS) is 13.2. The van der Waals surface area contributed by atoms with Crippen LogP contribution in [0, 0.1) is 11.3 Å². The molecule has 0 atom stereocenters. The van der Waals surface area contributed by atoms with E-state index in [2.05, 4.69) is 31.9 Å². The number of nitrogens with zero attached hydrogens (tertiary/aromatic N) is 5. The van der Waals surface area contributed by atoms with Crippen LogP contribution in [0.1, 0.15) is 25.3 Å². The van der Waals surface area contributed by atoms with Crippen LogP contribution in [0.5, 0.6) is 0 Å². The van der Waals surface area contributed by atoms with Gasteiger partial charge in [0.25, 0.3) is 0 Å². The second kappa shape index (κ2) is 8.89. The number of benzene rings is 2. The minimum atomic E-state index is -0.0459. The molecule has 2 aromatic heterocycles. The molecule has 1 fully saturated rings. The molecule has 7 nitrogen and oxygen atoms in total. The van der Waals surface area contributed by atoms with Gasteiger partial charge in [-0.25, -0.2) is 0 Å². The largest absolute Gasteiger partial charge is 0.360 e. The Balaban J connectivity index is 1.39. The van der Waals surface area contributed by atoms with Crippen molar-refractivity contribution in [1.82, 2.24) is 19.7 Å². The summed E-state index contributed by atoms with van der Waals surface area (Å²) in [6.07, 6.45) is 4.45. The number of nitriles is 1. The molecule has 160 valence electrons. The van der Waals surface area contributed by atoms with Gasteiger partial charge in [-0.05, 0) is 31.0 Å². The minimum absolute atomic E-state index is 0.0459. The van der Waals surface area contributed by atoms with Crippen LogP contribution in [0.4, 0.5) is 5.69 Å². The number of anilines is 1. The lowest BCUT2D eigenvalue weighted by Crippen LogP contribution is -2.33. The number of H-pyrrole nitrogens is 1. The first-order valence-corrected chi connectivity index (χ1v) is 11.6. The van der Waals surface area contributed by atoms with Crippen molar-refractivity contribution in [3.63, 3.8) is 0 Å². The van der Waals surface area contributed by atoms with Gasteiger partial charge in [0, 0.05) is 40.9 Å². The number of aromatic amines is 1. The van der Waals surface area contributed by atoms with E-state index in [1.54, 1.807) is 4.90 Å². The molecule has 5 rings (SSSR count). The molecule has 8 heteroatoms. The number of fused-ring (bicyclic) bond motifs is 1. The van der Waals surface area contributed by atoms with Crippen LogP contribution in [0.2, 0.25) is 0 Å². The number of aromatic nitrogens is 4. The number of nitrogens with one attached hydrogen (secondary N) is 1. The highest BCUT2D eigenvalue weighted by molar-refractivity contribution is 7.99. The summed E-state index contributed by atoms with van der Waals surface area (Å²) in [5, 5.41) is 19.8. The molecule has 2 heterocycles. The Morgan fingerprint density at radius 3 is 2.72 bits per heavy atom. The fourth-order valence-corrected chi connectivity index (χ4v) is 4.73. The van der Waals surface area contributed by atoms with Gasteiger partial charge in [-0.1, -0.05) is 48.2 Å². The molecule has 0 spiro atoms. The van der Waals surface area contributed by atoms with Crippen LogP contribution >= 0.6 is 11.8 Å². The molecule has 0 aliphatic heterocycles. The number of carbonyl (C=O) groups excluding carboxylic acids is 1. The van der Waals surface area contributed by atoms with Crippen LogP contribution < -0.4 is 4.90 Å². The first-order chi connectivity index (χ1) is 15.8. The van der Waals surface area contributed by atoms with Gasteiger partial charge in [-0.2, -0.15) is 5.26 Å². The molecular formula is C24H22N6OS. The summed E-state index contributed by atoms with van der Waals surface area (Å²) in [5.41, 5.74) is 2.89. The first kappa shape index (κ1) is 20.3. The fraction of sp³-hybridized carbons (Fsp3) is 0.250. The standard InChI is InChI=1S/C24H22N6OS/c25-13-6-14-29(17-7-2-1-3-8-17)22(31)16-32-24-28-27-23(30(24)18-11-12-18)20-15-26-21-10-5-4-9-19(20)21/h1-5,7-10,15,18,26H,6,11-12,14,16H2.